The molecule has 3 heterocycles. The van der Waals surface area contributed by atoms with Crippen LogP contribution in [0.25, 0.3) is 0 Å². The summed E-state index contributed by atoms with van der Waals surface area (Å²) in [4.78, 5) is 26.4. The van der Waals surface area contributed by atoms with Crippen molar-refractivity contribution in [2.24, 2.45) is 11.0 Å². The molecule has 0 saturated heterocycles. The molecule has 0 aromatic carbocycles. The third-order valence-corrected chi connectivity index (χ3v) is 5.98. The molecular formula is C17H16N2O3S2. The third-order valence-electron chi connectivity index (χ3n) is 4.09. The van der Waals surface area contributed by atoms with Crippen LogP contribution in [0.3, 0.4) is 0 Å². The van der Waals surface area contributed by atoms with Crippen molar-refractivity contribution in [1.82, 2.24) is 5.01 Å². The summed E-state index contributed by atoms with van der Waals surface area (Å²) in [6, 6.07) is 7.85. The Bertz CT molecular complexity index is 764. The number of hydrogen-bond acceptors (Lipinski definition) is 6. The van der Waals surface area contributed by atoms with Crippen molar-refractivity contribution >= 4 is 40.3 Å². The van der Waals surface area contributed by atoms with Crippen LogP contribution in [-0.2, 0) is 14.3 Å². The third kappa shape index (κ3) is 3.14. The van der Waals surface area contributed by atoms with Gasteiger partial charge in [0, 0.05) is 11.3 Å². The highest BCUT2D eigenvalue weighted by Crippen LogP contribution is 2.36. The Morgan fingerprint density at radius 1 is 1.21 bits per heavy atom. The first-order valence-electron chi connectivity index (χ1n) is 7.86. The summed E-state index contributed by atoms with van der Waals surface area (Å²) in [6.07, 6.45) is 2.42. The van der Waals surface area contributed by atoms with Gasteiger partial charge in [-0.15, -0.1) is 22.7 Å². The van der Waals surface area contributed by atoms with Gasteiger partial charge in [0.1, 0.15) is 0 Å². The van der Waals surface area contributed by atoms with E-state index in [0.29, 0.717) is 6.42 Å². The number of amides is 1. The fourth-order valence-electron chi connectivity index (χ4n) is 2.67. The van der Waals surface area contributed by atoms with Gasteiger partial charge in [-0.05, 0) is 35.7 Å². The molecule has 1 amide bonds. The molecule has 1 aliphatic heterocycles. The molecule has 2 aromatic rings. The lowest BCUT2D eigenvalue weighted by atomic mass is 10.1. The second-order valence-electron chi connectivity index (χ2n) is 5.88. The summed E-state index contributed by atoms with van der Waals surface area (Å²) in [6.45, 7) is -0.238. The molecule has 124 valence electrons. The van der Waals surface area contributed by atoms with Crippen LogP contribution >= 0.6 is 22.7 Å². The minimum Gasteiger partial charge on any atom is -0.455 e. The first-order chi connectivity index (χ1) is 11.7. The Labute approximate surface area is 147 Å². The largest absolute Gasteiger partial charge is 0.455 e. The summed E-state index contributed by atoms with van der Waals surface area (Å²) in [5.41, 5.74) is 0.908. The molecular weight excluding hydrogens is 344 g/mol. The van der Waals surface area contributed by atoms with Crippen molar-refractivity contribution in [3.8, 4) is 0 Å². The predicted octanol–water partition coefficient (Wildman–Crippen LogP) is 3.44. The van der Waals surface area contributed by atoms with E-state index >= 15 is 0 Å². The average Bonchev–Trinajstić information content (AvgIpc) is 3.04. The molecule has 1 aliphatic carbocycles. The lowest BCUT2D eigenvalue weighted by Gasteiger charge is -2.20. The first kappa shape index (κ1) is 15.5. The fourth-order valence-corrected chi connectivity index (χ4v) is 4.20. The van der Waals surface area contributed by atoms with Crippen molar-refractivity contribution in [3.63, 3.8) is 0 Å². The van der Waals surface area contributed by atoms with Crippen molar-refractivity contribution in [3.05, 3.63) is 44.8 Å². The van der Waals surface area contributed by atoms with E-state index in [2.05, 4.69) is 5.10 Å². The SMILES string of the molecule is O=C(OCC(=O)N1N=C(c2cccs2)C[C@@H]1c1cccs1)C1CC1. The molecule has 0 spiro atoms. The van der Waals surface area contributed by atoms with Crippen molar-refractivity contribution in [2.75, 3.05) is 6.61 Å². The summed E-state index contributed by atoms with van der Waals surface area (Å²) in [7, 11) is 0. The molecule has 0 bridgehead atoms. The molecule has 4 rings (SSSR count). The van der Waals surface area contributed by atoms with Gasteiger partial charge in [-0.1, -0.05) is 12.1 Å². The quantitative estimate of drug-likeness (QED) is 0.768. The number of esters is 1. The zero-order chi connectivity index (χ0) is 16.5. The Kier molecular flexibility index (Phi) is 4.20. The predicted molar refractivity (Wildman–Crippen MR) is 93.1 cm³/mol. The maximum absolute atomic E-state index is 12.6. The van der Waals surface area contributed by atoms with Gasteiger partial charge in [0.25, 0.3) is 5.91 Å². The maximum atomic E-state index is 12.6. The lowest BCUT2D eigenvalue weighted by Crippen LogP contribution is -2.31. The number of hydrazone groups is 1. The standard InChI is InChI=1S/C17H16N2O3S2/c20-16(10-22-17(21)11-5-6-11)19-13(15-4-2-8-24-15)9-12(18-19)14-3-1-7-23-14/h1-4,7-8,11,13H,5-6,9-10H2/t13-/m1/s1. The molecule has 5 nitrogen and oxygen atoms in total. The van der Waals surface area contributed by atoms with E-state index in [-0.39, 0.29) is 30.4 Å². The lowest BCUT2D eigenvalue weighted by molar-refractivity contribution is -0.153. The van der Waals surface area contributed by atoms with E-state index in [1.165, 1.54) is 5.01 Å². The van der Waals surface area contributed by atoms with Gasteiger partial charge in [-0.25, -0.2) is 5.01 Å². The molecule has 1 fully saturated rings. The molecule has 24 heavy (non-hydrogen) atoms. The van der Waals surface area contributed by atoms with Crippen molar-refractivity contribution < 1.29 is 14.3 Å². The number of nitrogens with zero attached hydrogens (tertiary/aromatic N) is 2. The van der Waals surface area contributed by atoms with Crippen LogP contribution in [0.1, 0.15) is 35.1 Å². The van der Waals surface area contributed by atoms with E-state index in [0.717, 1.165) is 28.3 Å². The Morgan fingerprint density at radius 3 is 2.67 bits per heavy atom. The molecule has 1 saturated carbocycles. The minimum absolute atomic E-state index is 0.00495. The maximum Gasteiger partial charge on any atom is 0.309 e. The van der Waals surface area contributed by atoms with Gasteiger partial charge in [-0.2, -0.15) is 5.10 Å². The normalized spacial score (nSPS) is 20.1. The van der Waals surface area contributed by atoms with Gasteiger partial charge in [0.2, 0.25) is 0 Å². The topological polar surface area (TPSA) is 59.0 Å². The molecule has 1 atom stereocenters. The van der Waals surface area contributed by atoms with E-state index in [1.807, 2.05) is 35.0 Å². The first-order valence-corrected chi connectivity index (χ1v) is 9.62. The van der Waals surface area contributed by atoms with E-state index in [1.54, 1.807) is 22.7 Å². The Morgan fingerprint density at radius 2 is 2.00 bits per heavy atom. The van der Waals surface area contributed by atoms with Gasteiger partial charge >= 0.3 is 5.97 Å². The molecule has 2 aliphatic rings. The smallest absolute Gasteiger partial charge is 0.309 e. The van der Waals surface area contributed by atoms with Gasteiger partial charge in [0.15, 0.2) is 6.61 Å². The number of ether oxygens (including phenoxy) is 1. The van der Waals surface area contributed by atoms with E-state index in [9.17, 15) is 9.59 Å². The van der Waals surface area contributed by atoms with Crippen LogP contribution < -0.4 is 0 Å². The summed E-state index contributed by atoms with van der Waals surface area (Å²) in [5, 5.41) is 10.0. The van der Waals surface area contributed by atoms with Crippen molar-refractivity contribution in [1.29, 1.82) is 0 Å². The van der Waals surface area contributed by atoms with Crippen LogP contribution in [-0.4, -0.2) is 29.2 Å². The highest BCUT2D eigenvalue weighted by Gasteiger charge is 2.36. The van der Waals surface area contributed by atoms with Crippen molar-refractivity contribution in [2.45, 2.75) is 25.3 Å². The van der Waals surface area contributed by atoms with Crippen LogP contribution in [0.15, 0.2) is 40.1 Å². The summed E-state index contributed by atoms with van der Waals surface area (Å²) in [5.74, 6) is -0.540. The summed E-state index contributed by atoms with van der Waals surface area (Å²) >= 11 is 3.22. The Hall–Kier alpha value is -1.99. The van der Waals surface area contributed by atoms with Gasteiger partial charge in [-0.3, -0.25) is 9.59 Å². The minimum atomic E-state index is -0.269. The number of rotatable bonds is 5. The van der Waals surface area contributed by atoms with Crippen LogP contribution in [0.4, 0.5) is 0 Å². The number of thiophene rings is 2. The molecule has 0 N–H and O–H groups in total. The monoisotopic (exact) mass is 360 g/mol. The van der Waals surface area contributed by atoms with Crippen LogP contribution in [0.2, 0.25) is 0 Å². The van der Waals surface area contributed by atoms with E-state index < -0.39 is 0 Å². The Balaban J connectivity index is 1.51. The van der Waals surface area contributed by atoms with E-state index in [4.69, 9.17) is 4.74 Å². The molecule has 0 unspecified atom stereocenters. The van der Waals surface area contributed by atoms with Crippen LogP contribution in [0.5, 0.6) is 0 Å². The summed E-state index contributed by atoms with van der Waals surface area (Å²) < 4.78 is 5.14. The van der Waals surface area contributed by atoms with Crippen LogP contribution in [0, 0.1) is 5.92 Å². The van der Waals surface area contributed by atoms with Gasteiger partial charge < -0.3 is 4.74 Å². The average molecular weight is 360 g/mol. The molecule has 7 heteroatoms. The fraction of sp³-hybridized carbons (Fsp3) is 0.353. The second kappa shape index (κ2) is 6.49. The highest BCUT2D eigenvalue weighted by molar-refractivity contribution is 7.12. The zero-order valence-electron chi connectivity index (χ0n) is 12.9. The number of carbonyl (C=O) groups is 2. The number of carbonyl (C=O) groups excluding carboxylic acids is 2. The zero-order valence-corrected chi connectivity index (χ0v) is 14.5. The highest BCUT2D eigenvalue weighted by atomic mass is 32.1. The number of hydrogen-bond donors (Lipinski definition) is 0. The molecule has 0 radical (unpaired) electrons. The van der Waals surface area contributed by atoms with Gasteiger partial charge in [0.05, 0.1) is 22.5 Å². The molecule has 2 aromatic heterocycles. The second-order valence-corrected chi connectivity index (χ2v) is 7.81.